The summed E-state index contributed by atoms with van der Waals surface area (Å²) in [6.45, 7) is 3.70. The fourth-order valence-corrected chi connectivity index (χ4v) is 3.53. The number of rotatable bonds is 2. The lowest BCUT2D eigenvalue weighted by molar-refractivity contribution is 0.0266. The number of aromatic nitrogens is 3. The van der Waals surface area contributed by atoms with Crippen molar-refractivity contribution in [3.05, 3.63) is 28.2 Å². The third kappa shape index (κ3) is 2.36. The van der Waals surface area contributed by atoms with E-state index in [4.69, 9.17) is 0 Å². The zero-order valence-corrected chi connectivity index (χ0v) is 13.3. The van der Waals surface area contributed by atoms with Crippen LogP contribution in [0.1, 0.15) is 37.8 Å². The molecule has 1 aliphatic rings. The Morgan fingerprint density at radius 1 is 1.52 bits per heavy atom. The van der Waals surface area contributed by atoms with E-state index in [-0.39, 0.29) is 11.6 Å². The van der Waals surface area contributed by atoms with Crippen molar-refractivity contribution in [1.29, 1.82) is 0 Å². The van der Waals surface area contributed by atoms with Gasteiger partial charge < -0.3 is 5.11 Å². The Kier molecular flexibility index (Phi) is 3.53. The van der Waals surface area contributed by atoms with Crippen LogP contribution in [-0.2, 0) is 0 Å². The number of hydrogen-bond donors (Lipinski definition) is 1. The van der Waals surface area contributed by atoms with Crippen molar-refractivity contribution in [2.24, 2.45) is 0 Å². The van der Waals surface area contributed by atoms with Crippen LogP contribution in [0.2, 0.25) is 0 Å². The lowest BCUT2D eigenvalue weighted by Gasteiger charge is -2.28. The van der Waals surface area contributed by atoms with E-state index in [1.165, 1.54) is 11.8 Å². The van der Waals surface area contributed by atoms with Crippen molar-refractivity contribution in [3.63, 3.8) is 0 Å². The molecule has 3 rings (SSSR count). The minimum atomic E-state index is -0.865. The van der Waals surface area contributed by atoms with Crippen LogP contribution < -0.4 is 5.56 Å². The topological polar surface area (TPSA) is 68.0 Å². The third-order valence-electron chi connectivity index (χ3n) is 4.35. The molecule has 0 amide bonds. The number of nitrogens with zero attached hydrogens (tertiary/aromatic N) is 3. The predicted molar refractivity (Wildman–Crippen MR) is 83.8 cm³/mol. The second-order valence-corrected chi connectivity index (χ2v) is 6.67. The highest BCUT2D eigenvalue weighted by atomic mass is 32.2. The maximum Gasteiger partial charge on any atom is 0.252 e. The van der Waals surface area contributed by atoms with Gasteiger partial charge in [-0.05, 0) is 44.9 Å². The van der Waals surface area contributed by atoms with Gasteiger partial charge in [0, 0.05) is 17.6 Å². The maximum absolute atomic E-state index is 12.5. The van der Waals surface area contributed by atoms with Gasteiger partial charge in [-0.1, -0.05) is 11.8 Å². The Morgan fingerprint density at radius 2 is 2.29 bits per heavy atom. The zero-order chi connectivity index (χ0) is 15.2. The highest BCUT2D eigenvalue weighted by Crippen LogP contribution is 2.39. The molecule has 112 valence electrons. The van der Waals surface area contributed by atoms with Crippen LogP contribution >= 0.6 is 11.8 Å². The van der Waals surface area contributed by atoms with Crippen molar-refractivity contribution < 1.29 is 5.11 Å². The van der Waals surface area contributed by atoms with Gasteiger partial charge in [0.2, 0.25) is 0 Å². The SMILES string of the molecule is CSc1ncc2c(C)cc(=O)n([C@@H]3CCC[C@@]3(C)O)c2n1. The summed E-state index contributed by atoms with van der Waals surface area (Å²) in [5, 5.41) is 12.1. The molecule has 2 aromatic heterocycles. The smallest absolute Gasteiger partial charge is 0.252 e. The second kappa shape index (κ2) is 5.10. The van der Waals surface area contributed by atoms with Crippen LogP contribution in [0.15, 0.2) is 22.2 Å². The number of thioether (sulfide) groups is 1. The number of pyridine rings is 1. The quantitative estimate of drug-likeness (QED) is 0.681. The second-order valence-electron chi connectivity index (χ2n) is 5.89. The van der Waals surface area contributed by atoms with Gasteiger partial charge in [0.1, 0.15) is 5.65 Å². The number of aliphatic hydroxyl groups is 1. The number of fused-ring (bicyclic) bond motifs is 1. The van der Waals surface area contributed by atoms with Gasteiger partial charge in [0.15, 0.2) is 5.16 Å². The van der Waals surface area contributed by atoms with E-state index in [2.05, 4.69) is 9.97 Å². The maximum atomic E-state index is 12.5. The highest BCUT2D eigenvalue weighted by molar-refractivity contribution is 7.98. The summed E-state index contributed by atoms with van der Waals surface area (Å²) in [7, 11) is 0. The zero-order valence-electron chi connectivity index (χ0n) is 12.5. The lowest BCUT2D eigenvalue weighted by atomic mass is 9.99. The van der Waals surface area contributed by atoms with Gasteiger partial charge in [0.25, 0.3) is 5.56 Å². The van der Waals surface area contributed by atoms with Gasteiger partial charge in [-0.3, -0.25) is 9.36 Å². The monoisotopic (exact) mass is 305 g/mol. The molecule has 0 unspecified atom stereocenters. The van der Waals surface area contributed by atoms with Crippen molar-refractivity contribution in [3.8, 4) is 0 Å². The molecule has 1 saturated carbocycles. The van der Waals surface area contributed by atoms with E-state index in [1.807, 2.05) is 13.2 Å². The molecular weight excluding hydrogens is 286 g/mol. The van der Waals surface area contributed by atoms with Gasteiger partial charge in [0.05, 0.1) is 11.6 Å². The number of hydrogen-bond acceptors (Lipinski definition) is 5. The largest absolute Gasteiger partial charge is 0.388 e. The van der Waals surface area contributed by atoms with E-state index in [1.54, 1.807) is 23.8 Å². The fourth-order valence-electron chi connectivity index (χ4n) is 3.19. The normalized spacial score (nSPS) is 25.6. The van der Waals surface area contributed by atoms with E-state index in [0.29, 0.717) is 17.2 Å². The summed E-state index contributed by atoms with van der Waals surface area (Å²) in [5.74, 6) is 0. The Labute approximate surface area is 127 Å². The minimum Gasteiger partial charge on any atom is -0.388 e. The van der Waals surface area contributed by atoms with Gasteiger partial charge >= 0.3 is 0 Å². The van der Waals surface area contributed by atoms with Crippen molar-refractivity contribution in [1.82, 2.24) is 14.5 Å². The van der Waals surface area contributed by atoms with Crippen LogP contribution in [0.5, 0.6) is 0 Å². The fraction of sp³-hybridized carbons (Fsp3) is 0.533. The Morgan fingerprint density at radius 3 is 2.90 bits per heavy atom. The van der Waals surface area contributed by atoms with E-state index in [9.17, 15) is 9.90 Å². The van der Waals surface area contributed by atoms with Crippen molar-refractivity contribution in [2.75, 3.05) is 6.26 Å². The molecule has 0 aliphatic heterocycles. The summed E-state index contributed by atoms with van der Waals surface area (Å²) in [5.41, 5.74) is 0.539. The Hall–Kier alpha value is -1.40. The van der Waals surface area contributed by atoms with Crippen LogP contribution in [0.3, 0.4) is 0 Å². The molecule has 0 bridgehead atoms. The molecule has 0 aromatic carbocycles. The standard InChI is InChI=1S/C15H19N3O2S/c1-9-7-12(19)18(11-5-4-6-15(11,2)20)13-10(9)8-16-14(17-13)21-3/h7-8,11,20H,4-6H2,1-3H3/t11-,15-/m1/s1. The average molecular weight is 305 g/mol. The molecule has 0 spiro atoms. The number of aryl methyl sites for hydroxylation is 1. The molecule has 1 N–H and O–H groups in total. The van der Waals surface area contributed by atoms with E-state index >= 15 is 0 Å². The molecule has 0 saturated heterocycles. The highest BCUT2D eigenvalue weighted by Gasteiger charge is 2.39. The first-order valence-corrected chi connectivity index (χ1v) is 8.32. The van der Waals surface area contributed by atoms with Crippen molar-refractivity contribution >= 4 is 22.8 Å². The van der Waals surface area contributed by atoms with Crippen molar-refractivity contribution in [2.45, 2.75) is 49.9 Å². The molecule has 2 aromatic rings. The lowest BCUT2D eigenvalue weighted by Crippen LogP contribution is -2.37. The van der Waals surface area contributed by atoms with Crippen LogP contribution in [-0.4, -0.2) is 31.5 Å². The van der Waals surface area contributed by atoms with Crippen LogP contribution in [0.4, 0.5) is 0 Å². The third-order valence-corrected chi connectivity index (χ3v) is 4.91. The molecule has 2 atom stereocenters. The first-order chi connectivity index (χ1) is 9.94. The van der Waals surface area contributed by atoms with Gasteiger partial charge in [-0.2, -0.15) is 0 Å². The predicted octanol–water partition coefficient (Wildman–Crippen LogP) is 2.30. The molecule has 21 heavy (non-hydrogen) atoms. The minimum absolute atomic E-state index is 0.0991. The Balaban J connectivity index is 2.33. The summed E-state index contributed by atoms with van der Waals surface area (Å²) in [6.07, 6.45) is 6.10. The summed E-state index contributed by atoms with van der Waals surface area (Å²) in [4.78, 5) is 21.3. The molecule has 5 nitrogen and oxygen atoms in total. The van der Waals surface area contributed by atoms with Gasteiger partial charge in [-0.25, -0.2) is 9.97 Å². The first kappa shape index (κ1) is 14.5. The summed E-state index contributed by atoms with van der Waals surface area (Å²) in [6, 6.07) is 1.39. The molecule has 6 heteroatoms. The van der Waals surface area contributed by atoms with E-state index < -0.39 is 5.60 Å². The molecule has 1 fully saturated rings. The molecule has 2 heterocycles. The molecule has 1 aliphatic carbocycles. The van der Waals surface area contributed by atoms with Crippen LogP contribution in [0.25, 0.3) is 11.0 Å². The summed E-state index contributed by atoms with van der Waals surface area (Å²) < 4.78 is 1.66. The van der Waals surface area contributed by atoms with Gasteiger partial charge in [-0.15, -0.1) is 0 Å². The molecule has 0 radical (unpaired) electrons. The Bertz CT molecular complexity index is 754. The average Bonchev–Trinajstić information content (AvgIpc) is 2.78. The van der Waals surface area contributed by atoms with Crippen LogP contribution in [0, 0.1) is 6.92 Å². The first-order valence-electron chi connectivity index (χ1n) is 7.09. The van der Waals surface area contributed by atoms with E-state index in [0.717, 1.165) is 23.8 Å². The summed E-state index contributed by atoms with van der Waals surface area (Å²) >= 11 is 1.45. The molecular formula is C15H19N3O2S.